The number of piperidine rings is 3. The van der Waals surface area contributed by atoms with Crippen LogP contribution in [0.4, 0.5) is 14.4 Å². The Labute approximate surface area is 563 Å². The summed E-state index contributed by atoms with van der Waals surface area (Å²) in [6, 6.07) is 91.5. The predicted octanol–water partition coefficient (Wildman–Crippen LogP) is 19.1. The van der Waals surface area contributed by atoms with Crippen molar-refractivity contribution in [1.82, 2.24) is 14.7 Å². The molecule has 3 amide bonds. The molecule has 9 aromatic rings. The molecule has 9 aromatic carbocycles. The highest BCUT2D eigenvalue weighted by molar-refractivity contribution is 5.83. The summed E-state index contributed by atoms with van der Waals surface area (Å²) in [6.45, 7) is 10.7. The van der Waals surface area contributed by atoms with E-state index in [2.05, 4.69) is 130 Å². The molecule has 3 heterocycles. The second kappa shape index (κ2) is 37.0. The van der Waals surface area contributed by atoms with Crippen LogP contribution < -0.4 is 0 Å². The van der Waals surface area contributed by atoms with Crippen LogP contribution in [0.2, 0.25) is 0 Å². The van der Waals surface area contributed by atoms with Crippen LogP contribution in [0.3, 0.4) is 0 Å². The van der Waals surface area contributed by atoms with Gasteiger partial charge in [0, 0.05) is 49.1 Å². The van der Waals surface area contributed by atoms with E-state index in [1.54, 1.807) is 4.90 Å². The highest BCUT2D eigenvalue weighted by Crippen LogP contribution is 2.35. The Morgan fingerprint density at radius 2 is 0.663 bits per heavy atom. The van der Waals surface area contributed by atoms with Gasteiger partial charge in [0.05, 0.1) is 0 Å². The topological polar surface area (TPSA) is 106 Å². The lowest BCUT2D eigenvalue weighted by Crippen LogP contribution is -2.52. The highest BCUT2D eigenvalue weighted by atomic mass is 16.6. The van der Waals surface area contributed by atoms with Crippen molar-refractivity contribution in [3.63, 3.8) is 0 Å². The minimum absolute atomic E-state index is 0.0735. The van der Waals surface area contributed by atoms with Crippen LogP contribution in [0.25, 0.3) is 12.2 Å². The number of benzene rings is 9. The molecule has 0 bridgehead atoms. The lowest BCUT2D eigenvalue weighted by molar-refractivity contribution is -0.124. The quantitative estimate of drug-likeness (QED) is 0.0887. The van der Waals surface area contributed by atoms with Gasteiger partial charge in [0.15, 0.2) is 0 Å². The zero-order valence-corrected chi connectivity index (χ0v) is 55.3. The van der Waals surface area contributed by atoms with E-state index in [1.165, 1.54) is 33.4 Å². The smallest absolute Gasteiger partial charge is 0.410 e. The Bertz CT molecular complexity index is 3750. The third-order valence-electron chi connectivity index (χ3n) is 17.7. The van der Waals surface area contributed by atoms with Crippen molar-refractivity contribution in [3.05, 3.63) is 335 Å². The normalized spacial score (nSPS) is 19.4. The highest BCUT2D eigenvalue weighted by Gasteiger charge is 2.39. The van der Waals surface area contributed by atoms with E-state index >= 15 is 0 Å². The third-order valence-corrected chi connectivity index (χ3v) is 17.7. The van der Waals surface area contributed by atoms with Crippen LogP contribution in [0.1, 0.15) is 109 Å². The van der Waals surface area contributed by atoms with E-state index in [0.717, 1.165) is 67.2 Å². The molecule has 488 valence electrons. The molecule has 95 heavy (non-hydrogen) atoms. The summed E-state index contributed by atoms with van der Waals surface area (Å²) in [5.74, 6) is 0.768. The lowest BCUT2D eigenvalue weighted by atomic mass is 9.81. The number of likely N-dealkylation sites (tertiary alicyclic amines) is 3. The van der Waals surface area contributed by atoms with Crippen LogP contribution >= 0.6 is 0 Å². The maximum Gasteiger partial charge on any atom is 0.410 e. The summed E-state index contributed by atoms with van der Waals surface area (Å²) in [4.78, 5) is 56.7. The van der Waals surface area contributed by atoms with Gasteiger partial charge in [-0.15, -0.1) is 0 Å². The number of amides is 3. The first-order valence-corrected chi connectivity index (χ1v) is 33.5. The summed E-state index contributed by atoms with van der Waals surface area (Å²) in [5.41, 5.74) is 11.7. The molecule has 7 atom stereocenters. The Hall–Kier alpha value is -10.1. The molecule has 10 heteroatoms. The van der Waals surface area contributed by atoms with E-state index in [-0.39, 0.29) is 66.9 Å². The molecule has 0 radical (unpaired) electrons. The minimum atomic E-state index is -0.343. The molecule has 0 saturated carbocycles. The summed E-state index contributed by atoms with van der Waals surface area (Å²) in [7, 11) is 0. The molecule has 3 aliphatic heterocycles. The van der Waals surface area contributed by atoms with Crippen molar-refractivity contribution >= 4 is 36.2 Å². The summed E-state index contributed by atoms with van der Waals surface area (Å²) in [6.07, 6.45) is 11.2. The maximum atomic E-state index is 13.2. The molecule has 3 aliphatic rings. The van der Waals surface area contributed by atoms with Crippen molar-refractivity contribution in [2.45, 2.75) is 141 Å². The van der Waals surface area contributed by atoms with Crippen molar-refractivity contribution in [1.29, 1.82) is 0 Å². The van der Waals surface area contributed by atoms with E-state index in [1.807, 2.05) is 193 Å². The Morgan fingerprint density at radius 1 is 0.358 bits per heavy atom. The average Bonchev–Trinajstić information content (AvgIpc) is 0.863. The fourth-order valence-electron chi connectivity index (χ4n) is 13.3. The number of hydrogen-bond donors (Lipinski definition) is 0. The van der Waals surface area contributed by atoms with Gasteiger partial charge in [-0.2, -0.15) is 0 Å². The van der Waals surface area contributed by atoms with Gasteiger partial charge < -0.3 is 28.9 Å². The van der Waals surface area contributed by atoms with E-state index in [4.69, 9.17) is 14.2 Å². The van der Waals surface area contributed by atoms with Gasteiger partial charge in [-0.05, 0) is 128 Å². The van der Waals surface area contributed by atoms with Crippen molar-refractivity contribution in [3.8, 4) is 0 Å². The first-order chi connectivity index (χ1) is 46.4. The molecule has 10 nitrogen and oxygen atoms in total. The Morgan fingerprint density at radius 3 is 1.03 bits per heavy atom. The molecule has 0 N–H and O–H groups in total. The molecular formula is C85H91N3O7. The van der Waals surface area contributed by atoms with Crippen LogP contribution in [0.5, 0.6) is 0 Å². The zero-order chi connectivity index (χ0) is 66.4. The number of rotatable bonds is 16. The van der Waals surface area contributed by atoms with Crippen LogP contribution in [0, 0.1) is 5.92 Å². The van der Waals surface area contributed by atoms with Crippen LogP contribution in [-0.2, 0) is 64.5 Å². The summed E-state index contributed by atoms with van der Waals surface area (Å²) in [5, 5.41) is 0. The largest absolute Gasteiger partial charge is 0.445 e. The number of ketones is 1. The second-order valence-electron chi connectivity index (χ2n) is 25.1. The molecule has 3 saturated heterocycles. The molecule has 12 rings (SSSR count). The molecule has 2 unspecified atom stereocenters. The number of carbonyl (C=O) groups excluding carboxylic acids is 4. The maximum absolute atomic E-state index is 13.2. The number of Topliss-reactive ketones (excluding diaryl/α,β-unsaturated/α-hetero) is 1. The zero-order valence-electron chi connectivity index (χ0n) is 55.3. The van der Waals surface area contributed by atoms with Gasteiger partial charge in [0.25, 0.3) is 0 Å². The summed E-state index contributed by atoms with van der Waals surface area (Å²) >= 11 is 0. The van der Waals surface area contributed by atoms with Crippen LogP contribution in [-0.4, -0.2) is 75.0 Å². The van der Waals surface area contributed by atoms with Gasteiger partial charge in [0.1, 0.15) is 25.6 Å². The van der Waals surface area contributed by atoms with Gasteiger partial charge in [-0.3, -0.25) is 4.79 Å². The van der Waals surface area contributed by atoms with Gasteiger partial charge in [0.2, 0.25) is 0 Å². The number of hydrogen-bond acceptors (Lipinski definition) is 7. The standard InChI is InChI=1S/C28H31NO2.C28H29NO2.C21H23NO3.C8H8/c2*1-22-17-26(18-23-11-5-2-6-12-23)20-27(19-24-13-7-3-8-14-24)29(22)28(30)31-21-25-15-9-4-10-16-25;1-16-12-20(23)14-19(13-17-8-4-2-5-9-17)22(16)21(24)25-15-18-10-6-3-7-11-18;1-2-8-6-4-3-5-7-8/h2-16,22,26-27H,17-21H2,1H3;2-16,18,22,27H,17,19-21H2,1H3;2-11,16,19H,12-15H2,1H3;2-7H,1H2/b;26-18+;;/t22?,26-,27+;22?,27-;16-,19+;/m101./s1. The third kappa shape index (κ3) is 22.3. The van der Waals surface area contributed by atoms with Crippen molar-refractivity contribution < 1.29 is 33.4 Å². The molecule has 0 aliphatic carbocycles. The molecule has 0 aromatic heterocycles. The fourth-order valence-corrected chi connectivity index (χ4v) is 13.3. The van der Waals surface area contributed by atoms with Crippen molar-refractivity contribution in [2.24, 2.45) is 5.92 Å². The van der Waals surface area contributed by atoms with Crippen LogP contribution in [0.15, 0.2) is 285 Å². The van der Waals surface area contributed by atoms with Crippen molar-refractivity contribution in [2.75, 3.05) is 0 Å². The van der Waals surface area contributed by atoms with E-state index in [0.29, 0.717) is 38.4 Å². The fraction of sp³-hybridized carbons (Fsp3) is 0.271. The first-order valence-electron chi connectivity index (χ1n) is 33.5. The number of ether oxygens (including phenoxy) is 3. The van der Waals surface area contributed by atoms with Gasteiger partial charge in [-0.1, -0.05) is 297 Å². The SMILES string of the molecule is C=Cc1ccccc1.CC1C/C(=C\c2ccccc2)C[C@H](Cc2ccccc2)N1C(=O)OCc1ccccc1.CC1C[C@H](Cc2ccccc2)C[C@H](Cc2ccccc2)N1C(=O)OCc1ccccc1.C[C@@H]1CC(=O)C[C@H](Cc2ccccc2)N1C(=O)OCc1ccccc1. The molecular weight excluding hydrogens is 1170 g/mol. The van der Waals surface area contributed by atoms with E-state index < -0.39 is 0 Å². The van der Waals surface area contributed by atoms with Gasteiger partial charge >= 0.3 is 18.3 Å². The minimum Gasteiger partial charge on any atom is -0.445 e. The average molecular weight is 1270 g/mol. The number of nitrogens with zero attached hydrogens (tertiary/aromatic N) is 3. The lowest BCUT2D eigenvalue weighted by Gasteiger charge is -2.43. The Balaban J connectivity index is 0.000000159. The van der Waals surface area contributed by atoms with E-state index in [9.17, 15) is 19.2 Å². The molecule has 3 fully saturated rings. The van der Waals surface area contributed by atoms with Gasteiger partial charge in [-0.25, -0.2) is 14.4 Å². The predicted molar refractivity (Wildman–Crippen MR) is 383 cm³/mol. The first kappa shape index (κ1) is 69.3. The second-order valence-corrected chi connectivity index (χ2v) is 25.1. The monoisotopic (exact) mass is 1270 g/mol. The number of carbonyl (C=O) groups is 4. The summed E-state index contributed by atoms with van der Waals surface area (Å²) < 4.78 is 17.0. The Kier molecular flexibility index (Phi) is 27.0. The molecule has 0 spiro atoms.